The number of para-hydroxylation sites is 1. The Morgan fingerprint density at radius 3 is 2.30 bits per heavy atom. The Kier molecular flexibility index (Phi) is 8.94. The van der Waals surface area contributed by atoms with Crippen LogP contribution in [0.5, 0.6) is 0 Å². The van der Waals surface area contributed by atoms with E-state index in [2.05, 4.69) is 20.9 Å². The zero-order valence-corrected chi connectivity index (χ0v) is 18.8. The van der Waals surface area contributed by atoms with Gasteiger partial charge in [-0.25, -0.2) is 0 Å². The molecule has 0 fully saturated rings. The lowest BCUT2D eigenvalue weighted by Crippen LogP contribution is -2.59. The number of nitrogens with one attached hydrogen (secondary N) is 4. The molecule has 11 nitrogen and oxygen atoms in total. The topological polar surface area (TPSA) is 187 Å². The number of carboxylic acids is 1. The Morgan fingerprint density at radius 2 is 1.70 bits per heavy atom. The van der Waals surface area contributed by atoms with Gasteiger partial charge in [0, 0.05) is 23.5 Å². The van der Waals surface area contributed by atoms with Gasteiger partial charge in [-0.3, -0.25) is 19.2 Å². The van der Waals surface area contributed by atoms with E-state index in [0.29, 0.717) is 0 Å². The third-order valence-electron chi connectivity index (χ3n) is 5.23. The average molecular weight is 462 g/mol. The predicted octanol–water partition coefficient (Wildman–Crippen LogP) is -0.755. The predicted molar refractivity (Wildman–Crippen MR) is 121 cm³/mol. The van der Waals surface area contributed by atoms with Gasteiger partial charge in [0.05, 0.1) is 12.1 Å². The smallest absolute Gasteiger partial charge is 0.322 e. The summed E-state index contributed by atoms with van der Waals surface area (Å²) >= 11 is 0. The molecule has 33 heavy (non-hydrogen) atoms. The quantitative estimate of drug-likeness (QED) is 0.229. The molecule has 2 aromatic rings. The number of hydrogen-bond acceptors (Lipinski definition) is 6. The van der Waals surface area contributed by atoms with E-state index in [1.165, 1.54) is 6.92 Å². The fourth-order valence-corrected chi connectivity index (χ4v) is 3.23. The highest BCUT2D eigenvalue weighted by Gasteiger charge is 2.31. The number of nitrogens with two attached hydrogens (primary N) is 1. The van der Waals surface area contributed by atoms with Crippen LogP contribution in [0.15, 0.2) is 30.5 Å². The molecule has 8 N–H and O–H groups in total. The lowest BCUT2D eigenvalue weighted by Gasteiger charge is -2.26. The number of benzene rings is 1. The number of aromatic amines is 1. The van der Waals surface area contributed by atoms with Crippen LogP contribution in [0, 0.1) is 5.92 Å². The molecular formula is C22H31N5O6. The molecule has 1 heterocycles. The molecule has 0 bridgehead atoms. The van der Waals surface area contributed by atoms with Crippen molar-refractivity contribution in [3.05, 3.63) is 36.0 Å². The van der Waals surface area contributed by atoms with Crippen LogP contribution in [0.2, 0.25) is 0 Å². The first kappa shape index (κ1) is 25.8. The summed E-state index contributed by atoms with van der Waals surface area (Å²) in [7, 11) is 0. The molecule has 180 valence electrons. The lowest BCUT2D eigenvalue weighted by molar-refractivity contribution is -0.139. The van der Waals surface area contributed by atoms with Crippen molar-refractivity contribution in [3.8, 4) is 0 Å². The number of hydrogen-bond donors (Lipinski definition) is 7. The van der Waals surface area contributed by atoms with Crippen molar-refractivity contribution >= 4 is 34.6 Å². The highest BCUT2D eigenvalue weighted by molar-refractivity contribution is 5.94. The van der Waals surface area contributed by atoms with Gasteiger partial charge in [0.15, 0.2) is 0 Å². The zero-order chi connectivity index (χ0) is 24.7. The first-order valence-electron chi connectivity index (χ1n) is 10.6. The number of aromatic nitrogens is 1. The minimum Gasteiger partial charge on any atom is -0.480 e. The second-order valence-corrected chi connectivity index (χ2v) is 8.23. The second kappa shape index (κ2) is 11.4. The molecule has 2 rings (SSSR count). The fraction of sp³-hybridized carbons (Fsp3) is 0.455. The third-order valence-corrected chi connectivity index (χ3v) is 5.23. The molecule has 4 unspecified atom stereocenters. The van der Waals surface area contributed by atoms with E-state index >= 15 is 0 Å². The van der Waals surface area contributed by atoms with E-state index in [4.69, 9.17) is 10.8 Å². The van der Waals surface area contributed by atoms with Crippen LogP contribution in [-0.2, 0) is 25.6 Å². The Balaban J connectivity index is 2.26. The van der Waals surface area contributed by atoms with E-state index in [9.17, 15) is 24.3 Å². The van der Waals surface area contributed by atoms with Gasteiger partial charge in [0.25, 0.3) is 0 Å². The normalized spacial score (nSPS) is 14.8. The van der Waals surface area contributed by atoms with Crippen LogP contribution in [0.1, 0.15) is 26.3 Å². The summed E-state index contributed by atoms with van der Waals surface area (Å²) in [5, 5.41) is 26.8. The molecule has 0 spiro atoms. The van der Waals surface area contributed by atoms with Gasteiger partial charge in [-0.15, -0.1) is 0 Å². The Labute approximate surface area is 191 Å². The van der Waals surface area contributed by atoms with Crippen LogP contribution in [-0.4, -0.2) is 69.7 Å². The minimum atomic E-state index is -1.42. The highest BCUT2D eigenvalue weighted by Crippen LogP contribution is 2.19. The number of aliphatic hydroxyl groups is 1. The average Bonchev–Trinajstić information content (AvgIpc) is 3.17. The van der Waals surface area contributed by atoms with Crippen molar-refractivity contribution in [2.75, 3.05) is 6.54 Å². The molecule has 0 saturated carbocycles. The van der Waals surface area contributed by atoms with Crippen LogP contribution in [0.4, 0.5) is 0 Å². The maximum Gasteiger partial charge on any atom is 0.322 e. The number of carbonyl (C=O) groups excluding carboxylic acids is 3. The van der Waals surface area contributed by atoms with Crippen molar-refractivity contribution in [2.24, 2.45) is 11.7 Å². The van der Waals surface area contributed by atoms with E-state index in [0.717, 1.165) is 16.5 Å². The third kappa shape index (κ3) is 7.02. The van der Waals surface area contributed by atoms with Gasteiger partial charge in [0.1, 0.15) is 18.6 Å². The number of carboxylic acid groups (broad SMARTS) is 1. The summed E-state index contributed by atoms with van der Waals surface area (Å²) in [5.74, 6) is -3.56. The minimum absolute atomic E-state index is 0.0929. The van der Waals surface area contributed by atoms with Gasteiger partial charge in [-0.05, 0) is 24.5 Å². The Morgan fingerprint density at radius 1 is 1.03 bits per heavy atom. The van der Waals surface area contributed by atoms with Gasteiger partial charge in [-0.1, -0.05) is 32.0 Å². The second-order valence-electron chi connectivity index (χ2n) is 8.23. The number of rotatable bonds is 11. The van der Waals surface area contributed by atoms with Crippen LogP contribution >= 0.6 is 0 Å². The number of aliphatic hydroxyl groups excluding tert-OH is 1. The SMILES string of the molecule is CC(C)C(N)C(=O)NC(Cc1c[nH]c2ccccc12)C(=O)NC(C(=O)NCC(=O)O)C(C)O. The molecular weight excluding hydrogens is 430 g/mol. The maximum absolute atomic E-state index is 13.1. The molecule has 0 aliphatic carbocycles. The molecule has 0 aliphatic rings. The van der Waals surface area contributed by atoms with Crippen molar-refractivity contribution < 1.29 is 29.4 Å². The lowest BCUT2D eigenvalue weighted by atomic mass is 10.0. The monoisotopic (exact) mass is 461 g/mol. The zero-order valence-electron chi connectivity index (χ0n) is 18.8. The van der Waals surface area contributed by atoms with E-state index in [-0.39, 0.29) is 12.3 Å². The van der Waals surface area contributed by atoms with Gasteiger partial charge < -0.3 is 36.9 Å². The van der Waals surface area contributed by atoms with Crippen LogP contribution in [0.3, 0.4) is 0 Å². The molecule has 4 atom stereocenters. The molecule has 1 aromatic heterocycles. The van der Waals surface area contributed by atoms with Crippen LogP contribution in [0.25, 0.3) is 10.9 Å². The molecule has 11 heteroatoms. The Hall–Kier alpha value is -3.44. The van der Waals surface area contributed by atoms with Crippen molar-refractivity contribution in [2.45, 2.75) is 51.4 Å². The van der Waals surface area contributed by atoms with Gasteiger partial charge >= 0.3 is 5.97 Å². The van der Waals surface area contributed by atoms with Crippen molar-refractivity contribution in [1.82, 2.24) is 20.9 Å². The summed E-state index contributed by atoms with van der Waals surface area (Å²) in [5.41, 5.74) is 7.54. The van der Waals surface area contributed by atoms with E-state index in [1.54, 1.807) is 20.0 Å². The molecule has 0 saturated heterocycles. The summed E-state index contributed by atoms with van der Waals surface area (Å²) in [6, 6.07) is 4.08. The van der Waals surface area contributed by atoms with Crippen molar-refractivity contribution in [3.63, 3.8) is 0 Å². The van der Waals surface area contributed by atoms with E-state index in [1.807, 2.05) is 24.3 Å². The first-order chi connectivity index (χ1) is 15.5. The number of amides is 3. The molecule has 1 aromatic carbocycles. The summed E-state index contributed by atoms with van der Waals surface area (Å²) in [6.45, 7) is 4.16. The van der Waals surface area contributed by atoms with Gasteiger partial charge in [-0.2, -0.15) is 0 Å². The first-order valence-corrected chi connectivity index (χ1v) is 10.6. The number of fused-ring (bicyclic) bond motifs is 1. The van der Waals surface area contributed by atoms with Crippen LogP contribution < -0.4 is 21.7 Å². The molecule has 0 aliphatic heterocycles. The fourth-order valence-electron chi connectivity index (χ4n) is 3.23. The molecule has 0 radical (unpaired) electrons. The number of H-pyrrole nitrogens is 1. The van der Waals surface area contributed by atoms with Crippen molar-refractivity contribution in [1.29, 1.82) is 0 Å². The van der Waals surface area contributed by atoms with E-state index < -0.39 is 54.5 Å². The summed E-state index contributed by atoms with van der Waals surface area (Å²) in [4.78, 5) is 51.8. The summed E-state index contributed by atoms with van der Waals surface area (Å²) in [6.07, 6.45) is 0.506. The maximum atomic E-state index is 13.1. The standard InChI is InChI=1S/C22H31N5O6/c1-11(2)18(23)21(32)26-16(8-13-9-24-15-7-5-4-6-14(13)15)20(31)27-19(12(3)28)22(33)25-10-17(29)30/h4-7,9,11-12,16,18-19,24,28H,8,10,23H2,1-3H3,(H,25,33)(H,26,32)(H,27,31)(H,29,30). The number of aliphatic carboxylic acids is 1. The molecule has 3 amide bonds. The van der Waals surface area contributed by atoms with Gasteiger partial charge in [0.2, 0.25) is 17.7 Å². The Bertz CT molecular complexity index is 1000. The summed E-state index contributed by atoms with van der Waals surface area (Å²) < 4.78 is 0. The number of carbonyl (C=O) groups is 4. The highest BCUT2D eigenvalue weighted by atomic mass is 16.4. The largest absolute Gasteiger partial charge is 0.480 e.